The molecular weight excluding hydrogens is 490 g/mol. The van der Waals surface area contributed by atoms with Crippen LogP contribution < -0.4 is 10.6 Å². The summed E-state index contributed by atoms with van der Waals surface area (Å²) in [6, 6.07) is 1.78. The molecule has 38 heavy (non-hydrogen) atoms. The van der Waals surface area contributed by atoms with Crippen molar-refractivity contribution in [1.29, 1.82) is 0 Å². The number of nitrogens with one attached hydrogen (secondary N) is 2. The molecule has 1 atom stereocenters. The maximum absolute atomic E-state index is 12.9. The summed E-state index contributed by atoms with van der Waals surface area (Å²) in [4.78, 5) is 51.4. The minimum atomic E-state index is -1.32. The quantitative estimate of drug-likeness (QED) is 0.184. The third-order valence-corrected chi connectivity index (χ3v) is 5.87. The van der Waals surface area contributed by atoms with Gasteiger partial charge in [-0.1, -0.05) is 58.3 Å². The number of hydrogen-bond donors (Lipinski definition) is 4. The van der Waals surface area contributed by atoms with Gasteiger partial charge in [0, 0.05) is 6.54 Å². The molecule has 1 rings (SSSR count). The van der Waals surface area contributed by atoms with E-state index < -0.39 is 29.7 Å². The third kappa shape index (κ3) is 14.5. The molecule has 0 aliphatic carbocycles. The number of rotatable bonds is 18. The fraction of sp³-hybridized carbons (Fsp3) is 0.679. The molecule has 0 saturated carbocycles. The number of ether oxygens (including phenoxy) is 1. The largest absolute Gasteiger partial charge is 0.477 e. The number of aryl methyl sites for hydroxylation is 1. The minimum absolute atomic E-state index is 0.260. The van der Waals surface area contributed by atoms with Crippen molar-refractivity contribution in [3.8, 4) is 0 Å². The number of aromatic carboxylic acids is 2. The maximum atomic E-state index is 12.9. The van der Waals surface area contributed by atoms with Crippen molar-refractivity contribution in [2.75, 3.05) is 6.54 Å². The Morgan fingerprint density at radius 1 is 0.868 bits per heavy atom. The summed E-state index contributed by atoms with van der Waals surface area (Å²) >= 11 is 0. The second-order valence-corrected chi connectivity index (χ2v) is 10.6. The van der Waals surface area contributed by atoms with Crippen LogP contribution in [0.5, 0.6) is 0 Å². The molecule has 1 aromatic rings. The monoisotopic (exact) mass is 535 g/mol. The van der Waals surface area contributed by atoms with Gasteiger partial charge >= 0.3 is 18.0 Å². The number of carbonyl (C=O) groups excluding carboxylic acids is 2. The van der Waals surface area contributed by atoms with Gasteiger partial charge < -0.3 is 25.6 Å². The fourth-order valence-electron chi connectivity index (χ4n) is 3.95. The van der Waals surface area contributed by atoms with E-state index in [2.05, 4.69) is 22.5 Å². The van der Waals surface area contributed by atoms with Gasteiger partial charge in [0.2, 0.25) is 5.91 Å². The summed E-state index contributed by atoms with van der Waals surface area (Å²) in [5, 5.41) is 24.0. The number of carboxylic acids is 2. The van der Waals surface area contributed by atoms with Gasteiger partial charge in [0.25, 0.3) is 0 Å². The molecule has 214 valence electrons. The molecular formula is C28H45N3O7. The Morgan fingerprint density at radius 2 is 1.39 bits per heavy atom. The molecule has 0 aromatic carbocycles. The predicted octanol–water partition coefficient (Wildman–Crippen LogP) is 5.34. The number of alkyl carbamates (subject to hydrolysis) is 1. The van der Waals surface area contributed by atoms with Crippen molar-refractivity contribution < 1.29 is 34.1 Å². The van der Waals surface area contributed by atoms with Gasteiger partial charge in [0.1, 0.15) is 23.0 Å². The molecule has 4 N–H and O–H groups in total. The van der Waals surface area contributed by atoms with E-state index in [1.807, 2.05) is 0 Å². The zero-order valence-corrected chi connectivity index (χ0v) is 23.3. The van der Waals surface area contributed by atoms with Crippen LogP contribution in [0.3, 0.4) is 0 Å². The smallest absolute Gasteiger partial charge is 0.408 e. The Kier molecular flexibility index (Phi) is 15.0. The van der Waals surface area contributed by atoms with Crippen molar-refractivity contribution in [3.63, 3.8) is 0 Å². The van der Waals surface area contributed by atoms with E-state index >= 15 is 0 Å². The number of hydrogen-bond acceptors (Lipinski definition) is 6. The molecule has 0 radical (unpaired) electrons. The van der Waals surface area contributed by atoms with Crippen LogP contribution in [-0.2, 0) is 16.0 Å². The molecule has 0 aliphatic rings. The average molecular weight is 536 g/mol. The normalized spacial score (nSPS) is 12.0. The number of carbonyl (C=O) groups is 4. The Hall–Kier alpha value is -3.17. The first-order valence-electron chi connectivity index (χ1n) is 13.7. The second kappa shape index (κ2) is 17.4. The van der Waals surface area contributed by atoms with Gasteiger partial charge in [-0.25, -0.2) is 19.4 Å². The zero-order chi connectivity index (χ0) is 28.6. The van der Waals surface area contributed by atoms with Gasteiger partial charge in [-0.3, -0.25) is 4.79 Å². The molecule has 0 fully saturated rings. The summed E-state index contributed by atoms with van der Waals surface area (Å²) in [6.45, 7) is 7.91. The number of aromatic nitrogens is 1. The van der Waals surface area contributed by atoms with Crippen LogP contribution in [-0.4, -0.2) is 57.3 Å². The first-order valence-corrected chi connectivity index (χ1v) is 13.7. The highest BCUT2D eigenvalue weighted by Crippen LogP contribution is 2.13. The summed E-state index contributed by atoms with van der Waals surface area (Å²) in [5.74, 6) is -2.97. The van der Waals surface area contributed by atoms with Gasteiger partial charge in [-0.2, -0.15) is 0 Å². The lowest BCUT2D eigenvalue weighted by Gasteiger charge is -2.23. The van der Waals surface area contributed by atoms with Crippen LogP contribution in [0.2, 0.25) is 0 Å². The molecule has 0 spiro atoms. The van der Waals surface area contributed by atoms with Crippen molar-refractivity contribution in [1.82, 2.24) is 15.6 Å². The Bertz CT molecular complexity index is 880. The number of pyridine rings is 1. The van der Waals surface area contributed by atoms with Crippen LogP contribution in [0, 0.1) is 0 Å². The topological polar surface area (TPSA) is 155 Å². The van der Waals surface area contributed by atoms with E-state index in [-0.39, 0.29) is 23.7 Å². The maximum Gasteiger partial charge on any atom is 0.408 e. The summed E-state index contributed by atoms with van der Waals surface area (Å²) in [5.41, 5.74) is -0.968. The lowest BCUT2D eigenvalue weighted by molar-refractivity contribution is -0.123. The first kappa shape index (κ1) is 32.9. The van der Waals surface area contributed by atoms with Crippen LogP contribution in [0.4, 0.5) is 4.79 Å². The molecule has 1 heterocycles. The van der Waals surface area contributed by atoms with Crippen molar-refractivity contribution in [2.24, 2.45) is 0 Å². The highest BCUT2D eigenvalue weighted by atomic mass is 16.6. The molecule has 0 bridgehead atoms. The number of amides is 2. The van der Waals surface area contributed by atoms with Crippen LogP contribution in [0.25, 0.3) is 0 Å². The van der Waals surface area contributed by atoms with Gasteiger partial charge in [-0.15, -0.1) is 0 Å². The Balaban J connectivity index is 2.64. The molecule has 10 heteroatoms. The van der Waals surface area contributed by atoms with Gasteiger partial charge in [0.15, 0.2) is 0 Å². The second-order valence-electron chi connectivity index (χ2n) is 10.6. The Morgan fingerprint density at radius 3 is 1.89 bits per heavy atom. The van der Waals surface area contributed by atoms with E-state index in [1.54, 1.807) is 20.8 Å². The van der Waals surface area contributed by atoms with Crippen LogP contribution in [0.1, 0.15) is 125 Å². The molecule has 0 unspecified atom stereocenters. The van der Waals surface area contributed by atoms with Crippen molar-refractivity contribution >= 4 is 23.9 Å². The SMILES string of the molecule is CCCCCCCCCCCNC(=O)[C@H](CCCc1cc(C(=O)O)nc(C(=O)O)c1)NC(=O)OC(C)(C)C. The van der Waals surface area contributed by atoms with E-state index in [4.69, 9.17) is 4.74 Å². The summed E-state index contributed by atoms with van der Waals surface area (Å²) < 4.78 is 5.30. The van der Waals surface area contributed by atoms with E-state index in [1.165, 1.54) is 50.7 Å². The highest BCUT2D eigenvalue weighted by molar-refractivity contribution is 5.90. The molecule has 1 aromatic heterocycles. The minimum Gasteiger partial charge on any atom is -0.477 e. The lowest BCUT2D eigenvalue weighted by Crippen LogP contribution is -2.48. The van der Waals surface area contributed by atoms with Crippen molar-refractivity contribution in [3.05, 3.63) is 29.1 Å². The molecule has 0 saturated heterocycles. The summed E-state index contributed by atoms with van der Waals surface area (Å²) in [6.07, 6.45) is 10.8. The van der Waals surface area contributed by atoms with E-state index in [0.29, 0.717) is 24.9 Å². The first-order chi connectivity index (χ1) is 17.9. The standard InChI is InChI=1S/C28H45N3O7/c1-5-6-7-8-9-10-11-12-13-17-29-24(32)21(31-27(37)38-28(2,3)4)16-14-15-20-18-22(25(33)34)30-23(19-20)26(35)36/h18-19,21H,5-17H2,1-4H3,(H,29,32)(H,31,37)(H,33,34)(H,35,36)/t21-/m0/s1. The molecule has 0 aliphatic heterocycles. The van der Waals surface area contributed by atoms with E-state index in [9.17, 15) is 29.4 Å². The van der Waals surface area contributed by atoms with Gasteiger partial charge in [-0.05, 0) is 64.2 Å². The molecule has 10 nitrogen and oxygen atoms in total. The number of nitrogens with zero attached hydrogens (tertiary/aromatic N) is 1. The van der Waals surface area contributed by atoms with E-state index in [0.717, 1.165) is 19.3 Å². The summed E-state index contributed by atoms with van der Waals surface area (Å²) in [7, 11) is 0. The lowest BCUT2D eigenvalue weighted by atomic mass is 10.0. The van der Waals surface area contributed by atoms with Gasteiger partial charge in [0.05, 0.1) is 0 Å². The average Bonchev–Trinajstić information content (AvgIpc) is 2.83. The third-order valence-electron chi connectivity index (χ3n) is 5.87. The fourth-order valence-corrected chi connectivity index (χ4v) is 3.95. The van der Waals surface area contributed by atoms with Crippen LogP contribution >= 0.6 is 0 Å². The van der Waals surface area contributed by atoms with Crippen LogP contribution in [0.15, 0.2) is 12.1 Å². The zero-order valence-electron chi connectivity index (χ0n) is 23.3. The molecule has 2 amide bonds. The highest BCUT2D eigenvalue weighted by Gasteiger charge is 2.24. The predicted molar refractivity (Wildman–Crippen MR) is 144 cm³/mol. The number of unbranched alkanes of at least 4 members (excludes halogenated alkanes) is 8. The Labute approximate surface area is 225 Å². The van der Waals surface area contributed by atoms with Crippen molar-refractivity contribution in [2.45, 2.75) is 116 Å². The number of carboxylic acid groups (broad SMARTS) is 2.